The molecule has 0 aromatic carbocycles. The summed E-state index contributed by atoms with van der Waals surface area (Å²) in [6, 6.07) is 0. The molecule has 0 saturated carbocycles. The molecule has 0 spiro atoms. The van der Waals surface area contributed by atoms with E-state index in [2.05, 4.69) is 79.8 Å². The lowest BCUT2D eigenvalue weighted by molar-refractivity contribution is -0.143. The molecule has 0 atom stereocenters. The van der Waals surface area contributed by atoms with Crippen LogP contribution in [0.25, 0.3) is 0 Å². The van der Waals surface area contributed by atoms with E-state index in [4.69, 9.17) is 4.74 Å². The molecular weight excluding hydrogens is 344 g/mol. The maximum Gasteiger partial charge on any atom is 0.305 e. The first-order valence-corrected chi connectivity index (χ1v) is 10.9. The van der Waals surface area contributed by atoms with Crippen LogP contribution in [-0.2, 0) is 9.53 Å². The molecule has 0 amide bonds. The Labute approximate surface area is 173 Å². The summed E-state index contributed by atoms with van der Waals surface area (Å²) in [5, 5.41) is 0. The molecule has 0 aliphatic heterocycles. The number of allylic oxidation sites excluding steroid dienone is 12. The Bertz CT molecular complexity index is 519. The largest absolute Gasteiger partial charge is 0.466 e. The Hall–Kier alpha value is -2.09. The molecule has 0 aliphatic carbocycles. The van der Waals surface area contributed by atoms with E-state index < -0.39 is 0 Å². The monoisotopic (exact) mass is 384 g/mol. The normalized spacial score (nSPS) is 12.8. The summed E-state index contributed by atoms with van der Waals surface area (Å²) in [5.74, 6) is -0.0785. The lowest BCUT2D eigenvalue weighted by Crippen LogP contribution is -2.02. The third kappa shape index (κ3) is 22.0. The third-order valence-corrected chi connectivity index (χ3v) is 3.90. The Kier molecular flexibility index (Phi) is 21.2. The van der Waals surface area contributed by atoms with Gasteiger partial charge in [-0.2, -0.15) is 0 Å². The van der Waals surface area contributed by atoms with Crippen molar-refractivity contribution in [2.24, 2.45) is 0 Å². The standard InChI is InChI=1S/C26H40O2/c1-3-5-6-7-8-9-10-11-12-13-14-15-16-17-18-19-20-21-22-23-24-25-26(27)28-4-2/h5-6,8-9,11-12,14-15,17-18,20-21H,3-4,7,10,13,16,19,22-25H2,1-2H3/b6-5?,9-8?,12-11?,15-14?,18-17?,21-20-. The van der Waals surface area contributed by atoms with Crippen LogP contribution in [0.5, 0.6) is 0 Å². The summed E-state index contributed by atoms with van der Waals surface area (Å²) >= 11 is 0. The predicted molar refractivity (Wildman–Crippen MR) is 123 cm³/mol. The molecule has 0 fully saturated rings. The van der Waals surface area contributed by atoms with Crippen molar-refractivity contribution >= 4 is 5.97 Å². The minimum atomic E-state index is -0.0785. The lowest BCUT2D eigenvalue weighted by atomic mass is 10.2. The summed E-state index contributed by atoms with van der Waals surface area (Å²) in [4.78, 5) is 11.2. The maximum atomic E-state index is 11.2. The fraction of sp³-hybridized carbons (Fsp3) is 0.500. The molecule has 0 aromatic rings. The molecular formula is C26H40O2. The van der Waals surface area contributed by atoms with Crippen molar-refractivity contribution in [3.63, 3.8) is 0 Å². The van der Waals surface area contributed by atoms with Gasteiger partial charge >= 0.3 is 5.97 Å². The average molecular weight is 385 g/mol. The van der Waals surface area contributed by atoms with Gasteiger partial charge in [0.2, 0.25) is 0 Å². The third-order valence-electron chi connectivity index (χ3n) is 3.90. The van der Waals surface area contributed by atoms with Crippen molar-refractivity contribution < 1.29 is 9.53 Å². The number of hydrogen-bond donors (Lipinski definition) is 0. The van der Waals surface area contributed by atoms with Gasteiger partial charge in [-0.1, -0.05) is 79.8 Å². The van der Waals surface area contributed by atoms with Crippen molar-refractivity contribution in [2.45, 2.75) is 78.1 Å². The van der Waals surface area contributed by atoms with Crippen LogP contribution < -0.4 is 0 Å². The number of unbranched alkanes of at least 4 members (excludes halogenated alkanes) is 2. The van der Waals surface area contributed by atoms with Gasteiger partial charge in [0, 0.05) is 6.42 Å². The fourth-order valence-electron chi connectivity index (χ4n) is 2.40. The highest BCUT2D eigenvalue weighted by Gasteiger charge is 1.99. The van der Waals surface area contributed by atoms with Gasteiger partial charge in [0.15, 0.2) is 0 Å². The molecule has 0 N–H and O–H groups in total. The maximum absolute atomic E-state index is 11.2. The minimum Gasteiger partial charge on any atom is -0.466 e. The van der Waals surface area contributed by atoms with Gasteiger partial charge in [-0.3, -0.25) is 4.79 Å². The first-order chi connectivity index (χ1) is 13.8. The van der Waals surface area contributed by atoms with Crippen LogP contribution in [0.2, 0.25) is 0 Å². The van der Waals surface area contributed by atoms with Crippen molar-refractivity contribution in [3.05, 3.63) is 72.9 Å². The molecule has 2 nitrogen and oxygen atoms in total. The highest BCUT2D eigenvalue weighted by molar-refractivity contribution is 5.69. The highest BCUT2D eigenvalue weighted by Crippen LogP contribution is 2.03. The summed E-state index contributed by atoms with van der Waals surface area (Å²) in [7, 11) is 0. The van der Waals surface area contributed by atoms with Crippen LogP contribution in [0.15, 0.2) is 72.9 Å². The van der Waals surface area contributed by atoms with Crippen LogP contribution >= 0.6 is 0 Å². The summed E-state index contributed by atoms with van der Waals surface area (Å²) in [5.41, 5.74) is 0. The molecule has 0 saturated heterocycles. The second-order valence-electron chi connectivity index (χ2n) is 6.47. The quantitative estimate of drug-likeness (QED) is 0.145. The molecule has 28 heavy (non-hydrogen) atoms. The number of hydrogen-bond acceptors (Lipinski definition) is 2. The number of carbonyl (C=O) groups excluding carboxylic acids is 1. The molecule has 0 bridgehead atoms. The van der Waals surface area contributed by atoms with Crippen LogP contribution in [0.4, 0.5) is 0 Å². The zero-order valence-electron chi connectivity index (χ0n) is 18.0. The second-order valence-corrected chi connectivity index (χ2v) is 6.47. The van der Waals surface area contributed by atoms with Crippen LogP contribution in [0.3, 0.4) is 0 Å². The highest BCUT2D eigenvalue weighted by atomic mass is 16.5. The molecule has 0 aromatic heterocycles. The van der Waals surface area contributed by atoms with E-state index in [1.165, 1.54) is 0 Å². The molecule has 0 rings (SSSR count). The minimum absolute atomic E-state index is 0.0785. The summed E-state index contributed by atoms with van der Waals surface area (Å²) in [6.45, 7) is 4.48. The SMILES string of the molecule is CCC=CCC=CCC=CCC=CCC=CC/C=C\CCCCC(=O)OCC. The first kappa shape index (κ1) is 25.9. The van der Waals surface area contributed by atoms with Crippen LogP contribution in [0, 0.1) is 0 Å². The van der Waals surface area contributed by atoms with Gasteiger partial charge in [-0.05, 0) is 64.7 Å². The number of ether oxygens (including phenoxy) is 1. The Balaban J connectivity index is 3.50. The van der Waals surface area contributed by atoms with Gasteiger partial charge < -0.3 is 4.74 Å². The lowest BCUT2D eigenvalue weighted by Gasteiger charge is -1.99. The van der Waals surface area contributed by atoms with Gasteiger partial charge in [0.1, 0.15) is 0 Å². The van der Waals surface area contributed by atoms with Crippen molar-refractivity contribution in [2.75, 3.05) is 6.61 Å². The van der Waals surface area contributed by atoms with Gasteiger partial charge in [-0.25, -0.2) is 0 Å². The summed E-state index contributed by atoms with van der Waals surface area (Å²) in [6.07, 6.45) is 36.2. The fourth-order valence-corrected chi connectivity index (χ4v) is 2.40. The average Bonchev–Trinajstić information content (AvgIpc) is 2.69. The van der Waals surface area contributed by atoms with Crippen molar-refractivity contribution in [1.29, 1.82) is 0 Å². The van der Waals surface area contributed by atoms with E-state index in [1.54, 1.807) is 0 Å². The molecule has 2 heteroatoms. The van der Waals surface area contributed by atoms with Crippen molar-refractivity contribution in [1.82, 2.24) is 0 Å². The van der Waals surface area contributed by atoms with Crippen LogP contribution in [-0.4, -0.2) is 12.6 Å². The van der Waals surface area contributed by atoms with E-state index in [-0.39, 0.29) is 5.97 Å². The second kappa shape index (κ2) is 23.0. The zero-order chi connectivity index (χ0) is 20.5. The Morgan fingerprint density at radius 1 is 0.607 bits per heavy atom. The van der Waals surface area contributed by atoms with E-state index in [0.717, 1.165) is 57.8 Å². The molecule has 0 heterocycles. The molecule has 0 unspecified atom stereocenters. The molecule has 156 valence electrons. The van der Waals surface area contributed by atoms with Crippen molar-refractivity contribution in [3.8, 4) is 0 Å². The Morgan fingerprint density at radius 3 is 1.46 bits per heavy atom. The number of rotatable bonds is 17. The van der Waals surface area contributed by atoms with Gasteiger partial charge in [0.05, 0.1) is 6.61 Å². The predicted octanol–water partition coefficient (Wildman–Crippen LogP) is 7.81. The Morgan fingerprint density at radius 2 is 1.04 bits per heavy atom. The molecule has 0 radical (unpaired) electrons. The molecule has 0 aliphatic rings. The first-order valence-electron chi connectivity index (χ1n) is 10.9. The number of esters is 1. The number of carbonyl (C=O) groups is 1. The van der Waals surface area contributed by atoms with E-state index in [9.17, 15) is 4.79 Å². The van der Waals surface area contributed by atoms with Gasteiger partial charge in [-0.15, -0.1) is 0 Å². The van der Waals surface area contributed by atoms with E-state index in [0.29, 0.717) is 13.0 Å². The van der Waals surface area contributed by atoms with E-state index >= 15 is 0 Å². The topological polar surface area (TPSA) is 26.3 Å². The summed E-state index contributed by atoms with van der Waals surface area (Å²) < 4.78 is 4.91. The zero-order valence-corrected chi connectivity index (χ0v) is 18.0. The van der Waals surface area contributed by atoms with E-state index in [1.807, 2.05) is 6.92 Å². The smallest absolute Gasteiger partial charge is 0.305 e. The van der Waals surface area contributed by atoms with Crippen LogP contribution in [0.1, 0.15) is 78.1 Å². The van der Waals surface area contributed by atoms with Gasteiger partial charge in [0.25, 0.3) is 0 Å².